The molecule has 0 bridgehead atoms. The first-order valence-electron chi connectivity index (χ1n) is 6.18. The van der Waals surface area contributed by atoms with Gasteiger partial charge in [-0.25, -0.2) is 0 Å². The molecule has 3 nitrogen and oxygen atoms in total. The van der Waals surface area contributed by atoms with Crippen LogP contribution >= 0.6 is 0 Å². The normalized spacial score (nSPS) is 11.9. The lowest BCUT2D eigenvalue weighted by molar-refractivity contribution is -0.128. The minimum Gasteiger partial charge on any atom is -0.481 e. The average Bonchev–Trinajstić information content (AvgIpc) is 2.35. The lowest BCUT2D eigenvalue weighted by Crippen LogP contribution is -2.38. The molecular formula is C14H21NO2. The molecule has 0 saturated carbocycles. The van der Waals surface area contributed by atoms with Gasteiger partial charge in [0.15, 0.2) is 6.10 Å². The van der Waals surface area contributed by atoms with E-state index in [0.29, 0.717) is 13.0 Å². The lowest BCUT2D eigenvalue weighted by Gasteiger charge is -2.17. The number of rotatable bonds is 6. The fourth-order valence-electron chi connectivity index (χ4n) is 1.47. The van der Waals surface area contributed by atoms with Gasteiger partial charge in [0.1, 0.15) is 5.75 Å². The number of aryl methyl sites for hydroxylation is 1. The van der Waals surface area contributed by atoms with E-state index in [2.05, 4.69) is 5.32 Å². The summed E-state index contributed by atoms with van der Waals surface area (Å²) >= 11 is 0. The number of carbonyl (C=O) groups excluding carboxylic acids is 1. The highest BCUT2D eigenvalue weighted by Gasteiger charge is 2.17. The third kappa shape index (κ3) is 4.47. The van der Waals surface area contributed by atoms with Gasteiger partial charge in [0, 0.05) is 6.54 Å². The molecule has 0 aliphatic rings. The Kier molecular flexibility index (Phi) is 5.53. The van der Waals surface area contributed by atoms with Gasteiger partial charge in [-0.05, 0) is 31.9 Å². The molecule has 1 N–H and O–H groups in total. The molecule has 0 radical (unpaired) electrons. The summed E-state index contributed by atoms with van der Waals surface area (Å²) < 4.78 is 5.67. The molecule has 0 aliphatic carbocycles. The molecule has 1 atom stereocenters. The molecule has 1 aromatic carbocycles. The Morgan fingerprint density at radius 2 is 1.94 bits per heavy atom. The Morgan fingerprint density at radius 1 is 1.29 bits per heavy atom. The summed E-state index contributed by atoms with van der Waals surface area (Å²) in [5, 5.41) is 2.85. The number of nitrogens with one attached hydrogen (secondary N) is 1. The van der Waals surface area contributed by atoms with Crippen LogP contribution in [0.2, 0.25) is 0 Å². The zero-order valence-corrected chi connectivity index (χ0v) is 10.8. The first kappa shape index (κ1) is 13.6. The Balaban J connectivity index is 2.57. The van der Waals surface area contributed by atoms with Crippen molar-refractivity contribution in [3.63, 3.8) is 0 Å². The van der Waals surface area contributed by atoms with Crippen LogP contribution in [0, 0.1) is 6.92 Å². The number of hydrogen-bond donors (Lipinski definition) is 1. The van der Waals surface area contributed by atoms with Crippen molar-refractivity contribution < 1.29 is 9.53 Å². The van der Waals surface area contributed by atoms with E-state index in [1.807, 2.05) is 45.0 Å². The molecule has 1 aromatic rings. The highest BCUT2D eigenvalue weighted by atomic mass is 16.5. The Hall–Kier alpha value is -1.51. The number of ether oxygens (including phenoxy) is 1. The molecular weight excluding hydrogens is 214 g/mol. The van der Waals surface area contributed by atoms with E-state index in [-0.39, 0.29) is 5.91 Å². The first-order valence-corrected chi connectivity index (χ1v) is 6.18. The molecule has 0 unspecified atom stereocenters. The predicted octanol–water partition coefficient (Wildman–Crippen LogP) is 2.68. The topological polar surface area (TPSA) is 38.3 Å². The van der Waals surface area contributed by atoms with Crippen molar-refractivity contribution in [2.45, 2.75) is 39.7 Å². The molecule has 1 rings (SSSR count). The molecule has 0 aliphatic heterocycles. The van der Waals surface area contributed by atoms with Crippen LogP contribution < -0.4 is 10.1 Å². The maximum Gasteiger partial charge on any atom is 0.261 e. The number of amides is 1. The van der Waals surface area contributed by atoms with E-state index in [9.17, 15) is 4.79 Å². The van der Waals surface area contributed by atoms with Crippen molar-refractivity contribution in [3.05, 3.63) is 29.8 Å². The van der Waals surface area contributed by atoms with Gasteiger partial charge in [0.2, 0.25) is 0 Å². The minimum atomic E-state index is -0.399. The van der Waals surface area contributed by atoms with Crippen molar-refractivity contribution in [1.82, 2.24) is 5.32 Å². The number of hydrogen-bond acceptors (Lipinski definition) is 2. The molecule has 94 valence electrons. The maximum atomic E-state index is 11.8. The zero-order chi connectivity index (χ0) is 12.7. The molecule has 0 saturated heterocycles. The van der Waals surface area contributed by atoms with Crippen molar-refractivity contribution in [1.29, 1.82) is 0 Å². The van der Waals surface area contributed by atoms with Crippen LogP contribution in [0.3, 0.4) is 0 Å². The number of benzene rings is 1. The van der Waals surface area contributed by atoms with Gasteiger partial charge in [-0.15, -0.1) is 0 Å². The van der Waals surface area contributed by atoms with E-state index >= 15 is 0 Å². The second-order valence-electron chi connectivity index (χ2n) is 4.12. The Bertz CT molecular complexity index is 346. The Morgan fingerprint density at radius 3 is 2.47 bits per heavy atom. The van der Waals surface area contributed by atoms with Crippen molar-refractivity contribution in [2.75, 3.05) is 6.54 Å². The summed E-state index contributed by atoms with van der Waals surface area (Å²) in [4.78, 5) is 11.8. The summed E-state index contributed by atoms with van der Waals surface area (Å²) in [5.74, 6) is 0.712. The van der Waals surface area contributed by atoms with Crippen LogP contribution in [0.1, 0.15) is 32.3 Å². The van der Waals surface area contributed by atoms with E-state index in [0.717, 1.165) is 12.2 Å². The summed E-state index contributed by atoms with van der Waals surface area (Å²) in [6.45, 7) is 6.70. The van der Waals surface area contributed by atoms with Crippen molar-refractivity contribution in [2.24, 2.45) is 0 Å². The van der Waals surface area contributed by atoms with Crippen LogP contribution in [0.15, 0.2) is 24.3 Å². The van der Waals surface area contributed by atoms with E-state index in [4.69, 9.17) is 4.74 Å². The van der Waals surface area contributed by atoms with Crippen LogP contribution in [0.4, 0.5) is 0 Å². The van der Waals surface area contributed by atoms with E-state index in [1.165, 1.54) is 5.56 Å². The minimum absolute atomic E-state index is 0.0325. The fourth-order valence-corrected chi connectivity index (χ4v) is 1.47. The molecule has 1 amide bonds. The SMILES string of the molecule is CCCNC(=O)[C@@H](CC)Oc1ccc(C)cc1. The monoisotopic (exact) mass is 235 g/mol. The molecule has 17 heavy (non-hydrogen) atoms. The van der Waals surface area contributed by atoms with Gasteiger partial charge in [0.05, 0.1) is 0 Å². The van der Waals surface area contributed by atoms with Crippen molar-refractivity contribution >= 4 is 5.91 Å². The van der Waals surface area contributed by atoms with E-state index < -0.39 is 6.10 Å². The second-order valence-corrected chi connectivity index (χ2v) is 4.12. The van der Waals surface area contributed by atoms with Crippen molar-refractivity contribution in [3.8, 4) is 5.75 Å². The molecule has 0 aromatic heterocycles. The van der Waals surface area contributed by atoms with Gasteiger partial charge >= 0.3 is 0 Å². The molecule has 0 spiro atoms. The Labute approximate surface area is 103 Å². The zero-order valence-electron chi connectivity index (χ0n) is 10.8. The summed E-state index contributed by atoms with van der Waals surface area (Å²) in [7, 11) is 0. The average molecular weight is 235 g/mol. The van der Waals surface area contributed by atoms with Gasteiger partial charge in [-0.2, -0.15) is 0 Å². The van der Waals surface area contributed by atoms with Crippen LogP contribution in [-0.2, 0) is 4.79 Å². The smallest absolute Gasteiger partial charge is 0.261 e. The molecule has 0 fully saturated rings. The summed E-state index contributed by atoms with van der Waals surface area (Å²) in [6.07, 6.45) is 1.21. The molecule has 3 heteroatoms. The molecule has 0 heterocycles. The maximum absolute atomic E-state index is 11.8. The van der Waals surface area contributed by atoms with Gasteiger partial charge in [-0.1, -0.05) is 31.5 Å². The highest BCUT2D eigenvalue weighted by molar-refractivity contribution is 5.81. The van der Waals surface area contributed by atoms with Crippen LogP contribution in [-0.4, -0.2) is 18.6 Å². The largest absolute Gasteiger partial charge is 0.481 e. The number of carbonyl (C=O) groups is 1. The quantitative estimate of drug-likeness (QED) is 0.823. The van der Waals surface area contributed by atoms with E-state index in [1.54, 1.807) is 0 Å². The third-order valence-corrected chi connectivity index (χ3v) is 2.51. The lowest BCUT2D eigenvalue weighted by atomic mass is 10.2. The van der Waals surface area contributed by atoms with Gasteiger partial charge < -0.3 is 10.1 Å². The summed E-state index contributed by atoms with van der Waals surface area (Å²) in [5.41, 5.74) is 1.18. The standard InChI is InChI=1S/C14H21NO2/c1-4-10-15-14(16)13(5-2)17-12-8-6-11(3)7-9-12/h6-9,13H,4-5,10H2,1-3H3,(H,15,16)/t13-/m1/s1. The predicted molar refractivity (Wildman–Crippen MR) is 69.2 cm³/mol. The first-order chi connectivity index (χ1) is 8.17. The third-order valence-electron chi connectivity index (χ3n) is 2.51. The summed E-state index contributed by atoms with van der Waals surface area (Å²) in [6, 6.07) is 7.74. The van der Waals surface area contributed by atoms with Gasteiger partial charge in [0.25, 0.3) is 5.91 Å². The fraction of sp³-hybridized carbons (Fsp3) is 0.500. The van der Waals surface area contributed by atoms with Crippen LogP contribution in [0.5, 0.6) is 5.75 Å². The van der Waals surface area contributed by atoms with Gasteiger partial charge in [-0.3, -0.25) is 4.79 Å². The van der Waals surface area contributed by atoms with Crippen LogP contribution in [0.25, 0.3) is 0 Å². The second kappa shape index (κ2) is 6.94. The highest BCUT2D eigenvalue weighted by Crippen LogP contribution is 2.14.